The van der Waals surface area contributed by atoms with Crippen LogP contribution in [-0.2, 0) is 4.79 Å². The number of rotatable bonds is 4. The lowest BCUT2D eigenvalue weighted by atomic mass is 10.1. The molecule has 0 radical (unpaired) electrons. The first kappa shape index (κ1) is 11.1. The maximum atomic E-state index is 13.0. The van der Waals surface area contributed by atoms with Crippen LogP contribution < -0.4 is 0 Å². The molecule has 0 aliphatic rings. The number of quaternary nitrogens is 1. The van der Waals surface area contributed by atoms with Gasteiger partial charge in [-0.25, -0.2) is 9.18 Å². The van der Waals surface area contributed by atoms with Crippen molar-refractivity contribution in [3.63, 3.8) is 0 Å². The third-order valence-corrected chi connectivity index (χ3v) is 1.61. The van der Waals surface area contributed by atoms with Crippen molar-refractivity contribution < 1.29 is 18.8 Å². The maximum Gasteiger partial charge on any atom is 0.366 e. The predicted molar refractivity (Wildman–Crippen MR) is 44.5 cm³/mol. The van der Waals surface area contributed by atoms with Gasteiger partial charge in [-0.05, 0) is 0 Å². The zero-order chi connectivity index (χ0) is 9.94. The van der Waals surface area contributed by atoms with Gasteiger partial charge in [-0.1, -0.05) is 12.7 Å². The molecule has 0 aromatic rings. The first-order valence-electron chi connectivity index (χ1n) is 3.61. The van der Waals surface area contributed by atoms with E-state index in [-0.39, 0.29) is 4.48 Å². The van der Waals surface area contributed by atoms with E-state index in [9.17, 15) is 9.18 Å². The van der Waals surface area contributed by atoms with Crippen LogP contribution in [0.1, 0.15) is 0 Å². The first-order valence-corrected chi connectivity index (χ1v) is 3.61. The fourth-order valence-electron chi connectivity index (χ4n) is 1.02. The molecule has 2 unspecified atom stereocenters. The third kappa shape index (κ3) is 2.62. The smallest absolute Gasteiger partial charge is 0.366 e. The van der Waals surface area contributed by atoms with Gasteiger partial charge in [0, 0.05) is 0 Å². The molecule has 2 atom stereocenters. The molecule has 0 amide bonds. The zero-order valence-corrected chi connectivity index (χ0v) is 7.62. The summed E-state index contributed by atoms with van der Waals surface area (Å²) >= 11 is 0. The minimum absolute atomic E-state index is 0.0442. The van der Waals surface area contributed by atoms with Crippen LogP contribution in [0.4, 0.5) is 4.39 Å². The number of aliphatic carboxylic acids is 1. The molecule has 12 heavy (non-hydrogen) atoms. The molecule has 0 aromatic carbocycles. The topological polar surface area (TPSA) is 37.3 Å². The van der Waals surface area contributed by atoms with Crippen molar-refractivity contribution in [1.82, 2.24) is 0 Å². The minimum atomic E-state index is -1.51. The monoisotopic (exact) mass is 176 g/mol. The maximum absolute atomic E-state index is 13.0. The lowest BCUT2D eigenvalue weighted by Gasteiger charge is -2.31. The molecule has 0 spiro atoms. The Morgan fingerprint density at radius 3 is 2.08 bits per heavy atom. The summed E-state index contributed by atoms with van der Waals surface area (Å²) in [5, 5.41) is 8.71. The number of carbonyl (C=O) groups is 1. The van der Waals surface area contributed by atoms with Crippen LogP contribution in [0.5, 0.6) is 0 Å². The number of alkyl halides is 1. The second kappa shape index (κ2) is 3.67. The summed E-state index contributed by atoms with van der Waals surface area (Å²) in [6.07, 6.45) is -0.495. The summed E-state index contributed by atoms with van der Waals surface area (Å²) in [6.45, 7) is 3.23. The van der Waals surface area contributed by atoms with Gasteiger partial charge < -0.3 is 9.59 Å². The van der Waals surface area contributed by atoms with Gasteiger partial charge in [0.25, 0.3) is 0 Å². The van der Waals surface area contributed by atoms with Crippen LogP contribution in [0, 0.1) is 0 Å². The molecule has 3 nitrogen and oxygen atoms in total. The van der Waals surface area contributed by atoms with Gasteiger partial charge in [0.1, 0.15) is 0 Å². The Morgan fingerprint density at radius 1 is 1.58 bits per heavy atom. The van der Waals surface area contributed by atoms with E-state index in [1.54, 1.807) is 21.1 Å². The highest BCUT2D eigenvalue weighted by Crippen LogP contribution is 2.12. The lowest BCUT2D eigenvalue weighted by molar-refractivity contribution is -0.889. The van der Waals surface area contributed by atoms with Gasteiger partial charge >= 0.3 is 5.97 Å². The number of likely N-dealkylation sites (N-methyl/N-ethyl adjacent to an activating group) is 1. The van der Waals surface area contributed by atoms with E-state index < -0.39 is 18.2 Å². The van der Waals surface area contributed by atoms with E-state index in [0.717, 1.165) is 6.08 Å². The molecule has 0 aromatic heterocycles. The van der Waals surface area contributed by atoms with Crippen molar-refractivity contribution in [2.24, 2.45) is 0 Å². The summed E-state index contributed by atoms with van der Waals surface area (Å²) in [5.74, 6) is -1.14. The summed E-state index contributed by atoms with van der Waals surface area (Å²) in [4.78, 5) is 10.6. The number of hydrogen-bond donors (Lipinski definition) is 1. The van der Waals surface area contributed by atoms with Crippen LogP contribution in [0.15, 0.2) is 12.7 Å². The molecular formula is C8H15FNO2+. The van der Waals surface area contributed by atoms with Gasteiger partial charge in [0.15, 0.2) is 6.17 Å². The Labute approximate surface area is 71.7 Å². The summed E-state index contributed by atoms with van der Waals surface area (Å²) in [7, 11) is 4.90. The Bertz CT molecular complexity index is 186. The number of carboxylic acids is 1. The van der Waals surface area contributed by atoms with Crippen LogP contribution >= 0.6 is 0 Å². The van der Waals surface area contributed by atoms with Crippen molar-refractivity contribution in [1.29, 1.82) is 0 Å². The van der Waals surface area contributed by atoms with E-state index in [0.29, 0.717) is 0 Å². The lowest BCUT2D eigenvalue weighted by Crippen LogP contribution is -2.54. The molecule has 0 aliphatic carbocycles. The molecule has 0 aliphatic heterocycles. The average molecular weight is 176 g/mol. The number of hydrogen-bond acceptors (Lipinski definition) is 1. The zero-order valence-electron chi connectivity index (χ0n) is 7.62. The standard InChI is InChI=1S/C8H14FNO2/c1-5-6(9)7(8(11)12)10(2,3)4/h5-7H,1H2,2-4H3/p+1. The molecule has 0 heterocycles. The molecule has 1 N–H and O–H groups in total. The Hall–Kier alpha value is -0.900. The Balaban J connectivity index is 4.67. The van der Waals surface area contributed by atoms with Gasteiger partial charge in [0.2, 0.25) is 6.04 Å². The average Bonchev–Trinajstić information content (AvgIpc) is 1.83. The fourth-order valence-corrected chi connectivity index (χ4v) is 1.02. The number of carboxylic acid groups (broad SMARTS) is 1. The molecule has 0 fully saturated rings. The van der Waals surface area contributed by atoms with Crippen molar-refractivity contribution >= 4 is 5.97 Å². The van der Waals surface area contributed by atoms with Crippen molar-refractivity contribution in [3.8, 4) is 0 Å². The number of halogens is 1. The van der Waals surface area contributed by atoms with E-state index >= 15 is 0 Å². The fraction of sp³-hybridized carbons (Fsp3) is 0.625. The highest BCUT2D eigenvalue weighted by molar-refractivity contribution is 5.73. The second-order valence-corrected chi connectivity index (χ2v) is 3.58. The van der Waals surface area contributed by atoms with E-state index in [1.165, 1.54) is 0 Å². The summed E-state index contributed by atoms with van der Waals surface area (Å²) < 4.78 is 13.1. The molecule has 0 saturated carbocycles. The van der Waals surface area contributed by atoms with E-state index in [1.807, 2.05) is 0 Å². The largest absolute Gasteiger partial charge is 0.477 e. The molecule has 0 rings (SSSR count). The Morgan fingerprint density at radius 2 is 2.00 bits per heavy atom. The SMILES string of the molecule is C=CC(F)C(C(=O)O)[N+](C)(C)C. The van der Waals surface area contributed by atoms with E-state index in [2.05, 4.69) is 6.58 Å². The second-order valence-electron chi connectivity index (χ2n) is 3.58. The van der Waals surface area contributed by atoms with Gasteiger partial charge in [-0.3, -0.25) is 0 Å². The molecular weight excluding hydrogens is 161 g/mol. The van der Waals surface area contributed by atoms with Crippen molar-refractivity contribution in [2.75, 3.05) is 21.1 Å². The summed E-state index contributed by atoms with van der Waals surface area (Å²) in [6, 6.07) is -1.08. The third-order valence-electron chi connectivity index (χ3n) is 1.61. The van der Waals surface area contributed by atoms with Crippen LogP contribution in [-0.4, -0.2) is 48.9 Å². The van der Waals surface area contributed by atoms with Gasteiger partial charge in [-0.15, -0.1) is 0 Å². The van der Waals surface area contributed by atoms with E-state index in [4.69, 9.17) is 5.11 Å². The Kier molecular flexibility index (Phi) is 3.39. The van der Waals surface area contributed by atoms with Crippen molar-refractivity contribution in [3.05, 3.63) is 12.7 Å². The molecule has 0 bridgehead atoms. The number of nitrogens with zero attached hydrogens (tertiary/aromatic N) is 1. The summed E-state index contributed by atoms with van der Waals surface area (Å²) in [5.41, 5.74) is 0. The van der Waals surface area contributed by atoms with Crippen LogP contribution in [0.25, 0.3) is 0 Å². The molecule has 4 heteroatoms. The normalized spacial score (nSPS) is 16.7. The first-order chi connectivity index (χ1) is 5.30. The van der Waals surface area contributed by atoms with Crippen LogP contribution in [0.2, 0.25) is 0 Å². The van der Waals surface area contributed by atoms with Crippen LogP contribution in [0.3, 0.4) is 0 Å². The highest BCUT2D eigenvalue weighted by atomic mass is 19.1. The van der Waals surface area contributed by atoms with Crippen molar-refractivity contribution in [2.45, 2.75) is 12.2 Å². The van der Waals surface area contributed by atoms with Gasteiger partial charge in [-0.2, -0.15) is 0 Å². The predicted octanol–water partition coefficient (Wildman–Crippen LogP) is 0.670. The minimum Gasteiger partial charge on any atom is -0.477 e. The molecule has 0 saturated heterocycles. The molecule has 70 valence electrons. The highest BCUT2D eigenvalue weighted by Gasteiger charge is 2.37. The quantitative estimate of drug-likeness (QED) is 0.505. The van der Waals surface area contributed by atoms with Gasteiger partial charge in [0.05, 0.1) is 21.1 Å².